The van der Waals surface area contributed by atoms with Crippen LogP contribution in [0.2, 0.25) is 0 Å². The average molecular weight is 363 g/mol. The van der Waals surface area contributed by atoms with Gasteiger partial charge in [0.25, 0.3) is 0 Å². The molecule has 0 amide bonds. The van der Waals surface area contributed by atoms with Crippen LogP contribution in [0.15, 0.2) is 12.2 Å². The lowest BCUT2D eigenvalue weighted by Gasteiger charge is -2.39. The summed E-state index contributed by atoms with van der Waals surface area (Å²) in [6.45, 7) is 4.63. The van der Waals surface area contributed by atoms with Gasteiger partial charge < -0.3 is 0 Å². The average Bonchev–Trinajstić information content (AvgIpc) is 2.68. The van der Waals surface area contributed by atoms with Crippen molar-refractivity contribution in [3.8, 4) is 0 Å². The normalized spacial score (nSPS) is 42.2. The maximum Gasteiger partial charge on any atom is 0.107 e. The van der Waals surface area contributed by atoms with Crippen molar-refractivity contribution >= 4 is 0 Å². The van der Waals surface area contributed by atoms with Gasteiger partial charge in [-0.25, -0.2) is 4.39 Å². The summed E-state index contributed by atoms with van der Waals surface area (Å²) in [5.41, 5.74) is 0. The lowest BCUT2D eigenvalue weighted by atomic mass is 9.68. The summed E-state index contributed by atoms with van der Waals surface area (Å²) in [5, 5.41) is 0. The van der Waals surface area contributed by atoms with Crippen molar-refractivity contribution in [2.24, 2.45) is 35.5 Å². The van der Waals surface area contributed by atoms with Gasteiger partial charge in [0.1, 0.15) is 6.17 Å². The van der Waals surface area contributed by atoms with Crippen molar-refractivity contribution in [1.82, 2.24) is 0 Å². The maximum atomic E-state index is 14.9. The Balaban J connectivity index is 1.40. The highest BCUT2D eigenvalue weighted by Gasteiger charge is 2.35. The van der Waals surface area contributed by atoms with Gasteiger partial charge in [0.15, 0.2) is 0 Å². The molecule has 1 heteroatoms. The topological polar surface area (TPSA) is 0 Å². The highest BCUT2D eigenvalue weighted by Crippen LogP contribution is 2.43. The van der Waals surface area contributed by atoms with E-state index in [0.717, 1.165) is 36.5 Å². The standard InChI is InChI=1S/C25H43F/c1-3-5-20-10-13-22(14-11-20)24-17-16-23(25(26)18-24)15-12-21-8-6-19(4-2)7-9-21/h12,15,19-25H,3-11,13-14,16-18H2,1-2H3/b15-12+. The molecule has 0 nitrogen and oxygen atoms in total. The molecule has 0 bridgehead atoms. The minimum atomic E-state index is -0.578. The van der Waals surface area contributed by atoms with Gasteiger partial charge in [-0.15, -0.1) is 0 Å². The molecule has 0 saturated heterocycles. The number of allylic oxidation sites excluding steroid dienone is 2. The Morgan fingerprint density at radius 2 is 1.38 bits per heavy atom. The van der Waals surface area contributed by atoms with Gasteiger partial charge in [0.2, 0.25) is 0 Å². The van der Waals surface area contributed by atoms with E-state index < -0.39 is 6.17 Å². The second-order valence-electron chi connectivity index (χ2n) is 9.90. The summed E-state index contributed by atoms with van der Waals surface area (Å²) in [4.78, 5) is 0. The number of hydrogen-bond donors (Lipinski definition) is 0. The van der Waals surface area contributed by atoms with E-state index in [1.165, 1.54) is 77.0 Å². The van der Waals surface area contributed by atoms with Crippen LogP contribution in [-0.2, 0) is 0 Å². The highest BCUT2D eigenvalue weighted by molar-refractivity contribution is 4.99. The summed E-state index contributed by atoms with van der Waals surface area (Å²) in [7, 11) is 0. The molecule has 0 aromatic rings. The molecule has 3 rings (SSSR count). The molecule has 3 atom stereocenters. The van der Waals surface area contributed by atoms with E-state index in [1.54, 1.807) is 0 Å². The highest BCUT2D eigenvalue weighted by atomic mass is 19.1. The van der Waals surface area contributed by atoms with E-state index in [1.807, 2.05) is 0 Å². The molecule has 0 aromatic heterocycles. The smallest absolute Gasteiger partial charge is 0.107 e. The van der Waals surface area contributed by atoms with E-state index in [9.17, 15) is 4.39 Å². The van der Waals surface area contributed by atoms with Gasteiger partial charge >= 0.3 is 0 Å². The van der Waals surface area contributed by atoms with E-state index in [2.05, 4.69) is 26.0 Å². The zero-order valence-corrected chi connectivity index (χ0v) is 17.5. The predicted octanol–water partition coefficient (Wildman–Crippen LogP) is 8.12. The number of hydrogen-bond acceptors (Lipinski definition) is 0. The van der Waals surface area contributed by atoms with Crippen LogP contribution < -0.4 is 0 Å². The van der Waals surface area contributed by atoms with E-state index in [4.69, 9.17) is 0 Å². The second-order valence-corrected chi connectivity index (χ2v) is 9.90. The summed E-state index contributed by atoms with van der Waals surface area (Å²) < 4.78 is 14.9. The Morgan fingerprint density at radius 3 is 2.00 bits per heavy atom. The fraction of sp³-hybridized carbons (Fsp3) is 0.920. The molecule has 0 heterocycles. The Morgan fingerprint density at radius 1 is 0.731 bits per heavy atom. The lowest BCUT2D eigenvalue weighted by Crippen LogP contribution is -2.31. The molecule has 3 aliphatic rings. The molecule has 3 saturated carbocycles. The van der Waals surface area contributed by atoms with Crippen molar-refractivity contribution in [3.63, 3.8) is 0 Å². The zero-order valence-electron chi connectivity index (χ0n) is 17.5. The van der Waals surface area contributed by atoms with E-state index >= 15 is 0 Å². The number of alkyl halides is 1. The van der Waals surface area contributed by atoms with Crippen molar-refractivity contribution < 1.29 is 4.39 Å². The van der Waals surface area contributed by atoms with Crippen LogP contribution in [0.4, 0.5) is 4.39 Å². The molecule has 0 aromatic carbocycles. The van der Waals surface area contributed by atoms with E-state index in [0.29, 0.717) is 5.92 Å². The van der Waals surface area contributed by atoms with Crippen LogP contribution in [-0.4, -0.2) is 6.17 Å². The summed E-state index contributed by atoms with van der Waals surface area (Å²) >= 11 is 0. The molecule has 0 N–H and O–H groups in total. The molecule has 3 unspecified atom stereocenters. The number of rotatable bonds is 6. The van der Waals surface area contributed by atoms with Crippen LogP contribution in [0.5, 0.6) is 0 Å². The Hall–Kier alpha value is -0.330. The first-order chi connectivity index (χ1) is 12.7. The molecule has 3 aliphatic carbocycles. The SMILES string of the molecule is CCCC1CCC(C2CCC(/C=C/C3CCC(CC)CC3)C(F)C2)CC1. The van der Waals surface area contributed by atoms with Crippen molar-refractivity contribution in [1.29, 1.82) is 0 Å². The third kappa shape index (κ3) is 5.59. The largest absolute Gasteiger partial charge is 0.247 e. The third-order valence-corrected chi connectivity index (χ3v) is 8.22. The molecule has 150 valence electrons. The van der Waals surface area contributed by atoms with Gasteiger partial charge in [-0.05, 0) is 87.4 Å². The molecule has 0 radical (unpaired) electrons. The van der Waals surface area contributed by atoms with Crippen LogP contribution in [0.3, 0.4) is 0 Å². The molecule has 0 aliphatic heterocycles. The van der Waals surface area contributed by atoms with Crippen LogP contribution in [0.25, 0.3) is 0 Å². The fourth-order valence-electron chi connectivity index (χ4n) is 6.26. The van der Waals surface area contributed by atoms with Crippen LogP contribution >= 0.6 is 0 Å². The monoisotopic (exact) mass is 362 g/mol. The zero-order chi connectivity index (χ0) is 18.4. The first-order valence-corrected chi connectivity index (χ1v) is 12.0. The minimum Gasteiger partial charge on any atom is -0.247 e. The summed E-state index contributed by atoms with van der Waals surface area (Å²) in [6, 6.07) is 0. The van der Waals surface area contributed by atoms with Gasteiger partial charge in [0, 0.05) is 5.92 Å². The Kier molecular flexibility index (Phi) is 8.07. The molecular weight excluding hydrogens is 319 g/mol. The third-order valence-electron chi connectivity index (χ3n) is 8.22. The van der Waals surface area contributed by atoms with Crippen LogP contribution in [0.1, 0.15) is 104 Å². The summed E-state index contributed by atoms with van der Waals surface area (Å²) in [5.74, 6) is 4.38. The van der Waals surface area contributed by atoms with Crippen molar-refractivity contribution in [3.05, 3.63) is 12.2 Å². The predicted molar refractivity (Wildman–Crippen MR) is 111 cm³/mol. The van der Waals surface area contributed by atoms with Gasteiger partial charge in [-0.1, -0.05) is 58.1 Å². The van der Waals surface area contributed by atoms with Crippen molar-refractivity contribution in [2.75, 3.05) is 0 Å². The van der Waals surface area contributed by atoms with E-state index in [-0.39, 0.29) is 5.92 Å². The molecular formula is C25H43F. The van der Waals surface area contributed by atoms with Gasteiger partial charge in [-0.2, -0.15) is 0 Å². The van der Waals surface area contributed by atoms with Gasteiger partial charge in [-0.3, -0.25) is 0 Å². The molecule has 26 heavy (non-hydrogen) atoms. The minimum absolute atomic E-state index is 0.214. The Labute approximate surface area is 162 Å². The summed E-state index contributed by atoms with van der Waals surface area (Å²) in [6.07, 6.45) is 22.4. The second kappa shape index (κ2) is 10.3. The number of halogens is 1. The van der Waals surface area contributed by atoms with Crippen LogP contribution in [0, 0.1) is 35.5 Å². The quantitative estimate of drug-likeness (QED) is 0.418. The van der Waals surface area contributed by atoms with Gasteiger partial charge in [0.05, 0.1) is 0 Å². The molecule has 0 spiro atoms. The van der Waals surface area contributed by atoms with Crippen molar-refractivity contribution in [2.45, 2.75) is 110 Å². The maximum absolute atomic E-state index is 14.9. The fourth-order valence-corrected chi connectivity index (χ4v) is 6.26. The first kappa shape index (κ1) is 20.4. The first-order valence-electron chi connectivity index (χ1n) is 12.0. The Bertz CT molecular complexity index is 412. The lowest BCUT2D eigenvalue weighted by molar-refractivity contribution is 0.0923. The molecule has 3 fully saturated rings.